The quantitative estimate of drug-likeness (QED) is 0.206. The fourth-order valence-corrected chi connectivity index (χ4v) is 6.27. The summed E-state index contributed by atoms with van der Waals surface area (Å²) >= 11 is 6.29. The molecule has 42 heavy (non-hydrogen) atoms. The van der Waals surface area contributed by atoms with Crippen molar-refractivity contribution in [2.24, 2.45) is 0 Å². The summed E-state index contributed by atoms with van der Waals surface area (Å²) in [5, 5.41) is 9.54. The minimum absolute atomic E-state index is 0.0591. The van der Waals surface area contributed by atoms with Crippen LogP contribution in [-0.2, 0) is 4.79 Å². The predicted octanol–water partition coefficient (Wildman–Crippen LogP) is 7.86. The van der Waals surface area contributed by atoms with E-state index in [4.69, 9.17) is 16.0 Å². The molecule has 6 nitrogen and oxygen atoms in total. The highest BCUT2D eigenvalue weighted by Gasteiger charge is 2.25. The van der Waals surface area contributed by atoms with E-state index in [0.717, 1.165) is 58.9 Å². The fourth-order valence-electron chi connectivity index (χ4n) is 6.08. The van der Waals surface area contributed by atoms with E-state index < -0.39 is 0 Å². The molecule has 1 unspecified atom stereocenters. The van der Waals surface area contributed by atoms with Crippen LogP contribution in [0.5, 0.6) is 0 Å². The Morgan fingerprint density at radius 2 is 1.71 bits per heavy atom. The number of hydrogen-bond acceptors (Lipinski definition) is 4. The largest absolute Gasteiger partial charge is 0.450 e. The van der Waals surface area contributed by atoms with Gasteiger partial charge >= 0.3 is 0 Å². The molecular weight excluding hydrogens is 546 g/mol. The lowest BCUT2D eigenvalue weighted by molar-refractivity contribution is -0.114. The van der Waals surface area contributed by atoms with Gasteiger partial charge in [-0.2, -0.15) is 0 Å². The zero-order chi connectivity index (χ0) is 29.2. The van der Waals surface area contributed by atoms with Crippen molar-refractivity contribution in [3.05, 3.63) is 101 Å². The van der Waals surface area contributed by atoms with Crippen LogP contribution in [0.15, 0.2) is 89.3 Å². The Kier molecular flexibility index (Phi) is 8.00. The SMILES string of the molecule is CC(=O)Nc1cccc(C2CCN(C(C)CNC(=O)c3cc4cc(-c5cccc(Cl)c5)c5ccccc5c4o3)CC2)c1. The van der Waals surface area contributed by atoms with E-state index in [0.29, 0.717) is 28.8 Å². The van der Waals surface area contributed by atoms with Crippen molar-refractivity contribution in [1.82, 2.24) is 10.2 Å². The van der Waals surface area contributed by atoms with Gasteiger partial charge in [0.05, 0.1) is 0 Å². The van der Waals surface area contributed by atoms with Crippen molar-refractivity contribution in [2.45, 2.75) is 38.6 Å². The molecule has 0 saturated carbocycles. The maximum atomic E-state index is 13.2. The highest BCUT2D eigenvalue weighted by Crippen LogP contribution is 2.37. The molecule has 0 radical (unpaired) electrons. The minimum Gasteiger partial charge on any atom is -0.450 e. The third kappa shape index (κ3) is 5.91. The second kappa shape index (κ2) is 12.0. The summed E-state index contributed by atoms with van der Waals surface area (Å²) in [5.41, 5.74) is 4.88. The van der Waals surface area contributed by atoms with Crippen LogP contribution in [0.2, 0.25) is 5.02 Å². The lowest BCUT2D eigenvalue weighted by Crippen LogP contribution is -2.45. The highest BCUT2D eigenvalue weighted by molar-refractivity contribution is 6.31. The molecule has 2 heterocycles. The molecule has 0 aliphatic carbocycles. The number of likely N-dealkylation sites (tertiary alicyclic amines) is 1. The van der Waals surface area contributed by atoms with Gasteiger partial charge in [-0.1, -0.05) is 60.1 Å². The summed E-state index contributed by atoms with van der Waals surface area (Å²) in [6, 6.07) is 28.1. The monoisotopic (exact) mass is 579 g/mol. The Morgan fingerprint density at radius 1 is 0.952 bits per heavy atom. The predicted molar refractivity (Wildman–Crippen MR) is 170 cm³/mol. The van der Waals surface area contributed by atoms with Gasteiger partial charge in [-0.3, -0.25) is 14.5 Å². The van der Waals surface area contributed by atoms with E-state index in [1.807, 2.05) is 60.7 Å². The van der Waals surface area contributed by atoms with Gasteiger partial charge in [-0.15, -0.1) is 0 Å². The fraction of sp³-hybridized carbons (Fsp3) is 0.257. The number of benzene rings is 4. The minimum atomic E-state index is -0.212. The Labute approximate surface area is 250 Å². The average molecular weight is 580 g/mol. The second-order valence-corrected chi connectivity index (χ2v) is 11.6. The van der Waals surface area contributed by atoms with Crippen LogP contribution >= 0.6 is 11.6 Å². The molecule has 1 aliphatic heterocycles. The van der Waals surface area contributed by atoms with E-state index in [1.165, 1.54) is 12.5 Å². The van der Waals surface area contributed by atoms with Crippen LogP contribution in [-0.4, -0.2) is 42.4 Å². The third-order valence-corrected chi connectivity index (χ3v) is 8.51. The number of nitrogens with zero attached hydrogens (tertiary/aromatic N) is 1. The van der Waals surface area contributed by atoms with Crippen molar-refractivity contribution in [2.75, 3.05) is 25.0 Å². The number of hydrogen-bond donors (Lipinski definition) is 2. The maximum absolute atomic E-state index is 13.2. The van der Waals surface area contributed by atoms with Crippen LogP contribution in [0.25, 0.3) is 32.9 Å². The van der Waals surface area contributed by atoms with Crippen molar-refractivity contribution < 1.29 is 14.0 Å². The number of fused-ring (bicyclic) bond motifs is 3. The molecule has 1 atom stereocenters. The molecule has 1 aliphatic rings. The Hall–Kier alpha value is -4.13. The number of rotatable bonds is 7. The van der Waals surface area contributed by atoms with Crippen LogP contribution in [0.1, 0.15) is 48.7 Å². The molecule has 6 rings (SSSR count). The van der Waals surface area contributed by atoms with Gasteiger partial charge in [0.15, 0.2) is 5.76 Å². The summed E-state index contributed by atoms with van der Waals surface area (Å²) < 4.78 is 6.15. The zero-order valence-corrected chi connectivity index (χ0v) is 24.6. The lowest BCUT2D eigenvalue weighted by atomic mass is 9.88. The second-order valence-electron chi connectivity index (χ2n) is 11.2. The molecule has 2 amide bonds. The number of anilines is 1. The normalized spacial score (nSPS) is 15.1. The van der Waals surface area contributed by atoms with Gasteiger partial charge in [0.25, 0.3) is 5.91 Å². The van der Waals surface area contributed by atoms with Gasteiger partial charge in [0.1, 0.15) is 5.58 Å². The molecule has 1 fully saturated rings. The molecular formula is C35H34ClN3O3. The number of piperidine rings is 1. The Morgan fingerprint density at radius 3 is 2.48 bits per heavy atom. The first-order valence-corrected chi connectivity index (χ1v) is 14.8. The average Bonchev–Trinajstić information content (AvgIpc) is 3.44. The third-order valence-electron chi connectivity index (χ3n) is 8.27. The topological polar surface area (TPSA) is 74.6 Å². The van der Waals surface area contributed by atoms with Gasteiger partial charge < -0.3 is 15.1 Å². The Balaban J connectivity index is 1.12. The summed E-state index contributed by atoms with van der Waals surface area (Å²) in [5.74, 6) is 0.495. The molecule has 5 aromatic rings. The number of halogens is 1. The molecule has 1 saturated heterocycles. The van der Waals surface area contributed by atoms with Crippen molar-refractivity contribution in [3.8, 4) is 11.1 Å². The molecule has 0 bridgehead atoms. The van der Waals surface area contributed by atoms with Gasteiger partial charge in [0, 0.05) is 41.0 Å². The summed E-state index contributed by atoms with van der Waals surface area (Å²) in [6.45, 7) is 6.12. The van der Waals surface area contributed by atoms with Crippen LogP contribution in [0, 0.1) is 0 Å². The summed E-state index contributed by atoms with van der Waals surface area (Å²) in [4.78, 5) is 27.1. The number of nitrogens with one attached hydrogen (secondary N) is 2. The van der Waals surface area contributed by atoms with Gasteiger partial charge in [-0.05, 0) is 97.2 Å². The van der Waals surface area contributed by atoms with Gasteiger partial charge in [-0.25, -0.2) is 0 Å². The number of furan rings is 1. The van der Waals surface area contributed by atoms with Crippen LogP contribution in [0.4, 0.5) is 5.69 Å². The van der Waals surface area contributed by atoms with Crippen molar-refractivity contribution in [1.29, 1.82) is 0 Å². The molecule has 2 N–H and O–H groups in total. The number of carbonyl (C=O) groups excluding carboxylic acids is 2. The maximum Gasteiger partial charge on any atom is 0.287 e. The number of carbonyl (C=O) groups is 2. The van der Waals surface area contributed by atoms with E-state index in [-0.39, 0.29) is 17.9 Å². The molecule has 214 valence electrons. The smallest absolute Gasteiger partial charge is 0.287 e. The number of amides is 2. The standard InChI is InChI=1S/C35H34ClN3O3/c1-22(39-15-13-24(14-16-39)25-7-6-10-29(18-25)38-23(2)40)21-37-35(41)33-20-27-19-32(26-8-5-9-28(36)17-26)30-11-3-4-12-31(30)34(27)42-33/h3-12,17-20,22,24H,13-16,21H2,1-2H3,(H,37,41)(H,38,40). The zero-order valence-electron chi connectivity index (χ0n) is 23.8. The molecule has 4 aromatic carbocycles. The van der Waals surface area contributed by atoms with E-state index in [2.05, 4.69) is 46.7 Å². The summed E-state index contributed by atoms with van der Waals surface area (Å²) in [6.07, 6.45) is 2.07. The first-order valence-electron chi connectivity index (χ1n) is 14.5. The molecule has 1 aromatic heterocycles. The lowest BCUT2D eigenvalue weighted by Gasteiger charge is -2.36. The van der Waals surface area contributed by atoms with E-state index in [1.54, 1.807) is 0 Å². The first-order chi connectivity index (χ1) is 20.4. The van der Waals surface area contributed by atoms with Crippen LogP contribution < -0.4 is 10.6 Å². The van der Waals surface area contributed by atoms with Crippen molar-refractivity contribution >= 4 is 50.8 Å². The van der Waals surface area contributed by atoms with Gasteiger partial charge in [0.2, 0.25) is 5.91 Å². The van der Waals surface area contributed by atoms with Crippen molar-refractivity contribution in [3.63, 3.8) is 0 Å². The van der Waals surface area contributed by atoms with E-state index >= 15 is 0 Å². The first kappa shape index (κ1) is 28.0. The van der Waals surface area contributed by atoms with E-state index in [9.17, 15) is 9.59 Å². The molecule has 7 heteroatoms. The Bertz CT molecular complexity index is 1770. The molecule has 0 spiro atoms. The highest BCUT2D eigenvalue weighted by atomic mass is 35.5. The summed E-state index contributed by atoms with van der Waals surface area (Å²) in [7, 11) is 0. The van der Waals surface area contributed by atoms with Crippen LogP contribution in [0.3, 0.4) is 0 Å².